The molecule has 24 heavy (non-hydrogen) atoms. The van der Waals surface area contributed by atoms with Gasteiger partial charge in [-0.3, -0.25) is 4.79 Å². The number of hydrogen-bond donors (Lipinski definition) is 1. The Balaban J connectivity index is 2.08. The van der Waals surface area contributed by atoms with Gasteiger partial charge in [-0.15, -0.1) is 11.8 Å². The summed E-state index contributed by atoms with van der Waals surface area (Å²) in [4.78, 5) is 26.0. The average Bonchev–Trinajstić information content (AvgIpc) is 3.10. The first-order valence-corrected chi connectivity index (χ1v) is 8.79. The summed E-state index contributed by atoms with van der Waals surface area (Å²) in [6.45, 7) is 1.71. The number of carbonyl (C=O) groups is 2. The zero-order valence-electron chi connectivity index (χ0n) is 13.6. The van der Waals surface area contributed by atoms with E-state index in [0.717, 1.165) is 16.3 Å². The maximum Gasteiger partial charge on any atom is 0.327 e. The summed E-state index contributed by atoms with van der Waals surface area (Å²) in [5, 5.41) is 11.3. The standard InChI is InChI=1S/C18H19NO4S/c1-18(23-2,17(22)19-11-24-10-15(19)16(20)21)14-9-5-7-12-6-3-4-8-13(12)14/h3-9,15H,10-11H2,1-2H3,(H,20,21). The summed E-state index contributed by atoms with van der Waals surface area (Å²) in [7, 11) is 1.48. The number of nitrogens with zero attached hydrogens (tertiary/aromatic N) is 1. The predicted octanol–water partition coefficient (Wildman–Crippen LogP) is 2.69. The van der Waals surface area contributed by atoms with Crippen LogP contribution in [0.1, 0.15) is 12.5 Å². The second kappa shape index (κ2) is 6.45. The van der Waals surface area contributed by atoms with E-state index in [1.165, 1.54) is 23.8 Å². The summed E-state index contributed by atoms with van der Waals surface area (Å²) in [6.07, 6.45) is 0. The number of hydrogen-bond acceptors (Lipinski definition) is 4. The number of benzene rings is 2. The molecule has 1 aliphatic rings. The van der Waals surface area contributed by atoms with E-state index in [1.54, 1.807) is 6.92 Å². The SMILES string of the molecule is COC(C)(C(=O)N1CSCC1C(=O)O)c1cccc2ccccc12. The van der Waals surface area contributed by atoms with E-state index in [-0.39, 0.29) is 5.91 Å². The van der Waals surface area contributed by atoms with Gasteiger partial charge < -0.3 is 14.7 Å². The lowest BCUT2D eigenvalue weighted by atomic mass is 9.89. The van der Waals surface area contributed by atoms with Crippen LogP contribution in [0.25, 0.3) is 10.8 Å². The highest BCUT2D eigenvalue weighted by molar-refractivity contribution is 7.99. The number of amides is 1. The van der Waals surface area contributed by atoms with E-state index in [4.69, 9.17) is 4.74 Å². The third-order valence-corrected chi connectivity index (χ3v) is 5.56. The monoisotopic (exact) mass is 345 g/mol. The Kier molecular flexibility index (Phi) is 4.51. The number of fused-ring (bicyclic) bond motifs is 1. The Morgan fingerprint density at radius 1 is 1.25 bits per heavy atom. The van der Waals surface area contributed by atoms with Crippen LogP contribution in [0.5, 0.6) is 0 Å². The number of methoxy groups -OCH3 is 1. The van der Waals surface area contributed by atoms with Gasteiger partial charge in [-0.25, -0.2) is 4.79 Å². The number of thioether (sulfide) groups is 1. The first-order chi connectivity index (χ1) is 11.5. The molecule has 2 aromatic carbocycles. The molecule has 2 aromatic rings. The van der Waals surface area contributed by atoms with E-state index in [2.05, 4.69) is 0 Å². The Labute approximate surface area is 144 Å². The Morgan fingerprint density at radius 3 is 2.67 bits per heavy atom. The van der Waals surface area contributed by atoms with Crippen LogP contribution in [0.4, 0.5) is 0 Å². The van der Waals surface area contributed by atoms with Gasteiger partial charge in [0.1, 0.15) is 6.04 Å². The fraction of sp³-hybridized carbons (Fsp3) is 0.333. The largest absolute Gasteiger partial charge is 0.480 e. The van der Waals surface area contributed by atoms with Crippen LogP contribution in [0, 0.1) is 0 Å². The quantitative estimate of drug-likeness (QED) is 0.923. The first-order valence-electron chi connectivity index (χ1n) is 7.64. The van der Waals surface area contributed by atoms with Gasteiger partial charge in [-0.2, -0.15) is 0 Å². The molecular formula is C18H19NO4S. The van der Waals surface area contributed by atoms with Crippen molar-refractivity contribution in [2.24, 2.45) is 0 Å². The third-order valence-electron chi connectivity index (χ3n) is 4.55. The van der Waals surface area contributed by atoms with Crippen molar-refractivity contribution in [2.75, 3.05) is 18.7 Å². The Bertz CT molecular complexity index is 788. The van der Waals surface area contributed by atoms with Crippen LogP contribution >= 0.6 is 11.8 Å². The van der Waals surface area contributed by atoms with Gasteiger partial charge in [0.25, 0.3) is 5.91 Å². The molecule has 1 N–H and O–H groups in total. The molecule has 1 aliphatic heterocycles. The summed E-state index contributed by atoms with van der Waals surface area (Å²) in [5.74, 6) is -0.542. The lowest BCUT2D eigenvalue weighted by Gasteiger charge is -2.34. The van der Waals surface area contributed by atoms with Crippen molar-refractivity contribution in [2.45, 2.75) is 18.6 Å². The van der Waals surface area contributed by atoms with Crippen LogP contribution in [0.3, 0.4) is 0 Å². The first kappa shape index (κ1) is 16.8. The Morgan fingerprint density at radius 2 is 1.96 bits per heavy atom. The van der Waals surface area contributed by atoms with Crippen LogP contribution < -0.4 is 0 Å². The highest BCUT2D eigenvalue weighted by atomic mass is 32.2. The maximum atomic E-state index is 13.2. The maximum absolute atomic E-state index is 13.2. The van der Waals surface area contributed by atoms with E-state index < -0.39 is 17.6 Å². The zero-order valence-corrected chi connectivity index (χ0v) is 14.4. The summed E-state index contributed by atoms with van der Waals surface area (Å²) in [6, 6.07) is 12.7. The molecule has 1 saturated heterocycles. The lowest BCUT2D eigenvalue weighted by molar-refractivity contribution is -0.160. The number of aliphatic carboxylic acids is 1. The number of carboxylic acid groups (broad SMARTS) is 1. The molecule has 0 aliphatic carbocycles. The molecule has 0 aromatic heterocycles. The number of ether oxygens (including phenoxy) is 1. The van der Waals surface area contributed by atoms with Gasteiger partial charge in [0.05, 0.1) is 5.88 Å². The second-order valence-corrected chi connectivity index (χ2v) is 6.89. The fourth-order valence-corrected chi connectivity index (χ4v) is 4.22. The van der Waals surface area contributed by atoms with Crippen molar-refractivity contribution in [3.63, 3.8) is 0 Å². The van der Waals surface area contributed by atoms with Gasteiger partial charge in [-0.05, 0) is 17.7 Å². The minimum Gasteiger partial charge on any atom is -0.480 e. The van der Waals surface area contributed by atoms with Crippen molar-refractivity contribution in [1.29, 1.82) is 0 Å². The van der Waals surface area contributed by atoms with Gasteiger partial charge in [0.2, 0.25) is 0 Å². The van der Waals surface area contributed by atoms with Crippen molar-refractivity contribution in [3.8, 4) is 0 Å². The van der Waals surface area contributed by atoms with Crippen molar-refractivity contribution >= 4 is 34.4 Å². The highest BCUT2D eigenvalue weighted by Gasteiger charge is 2.45. The molecular weight excluding hydrogens is 326 g/mol. The van der Waals surface area contributed by atoms with Crippen LogP contribution in [0.15, 0.2) is 42.5 Å². The fourth-order valence-electron chi connectivity index (χ4n) is 3.08. The number of carbonyl (C=O) groups excluding carboxylic acids is 1. The Hall–Kier alpha value is -2.05. The number of rotatable bonds is 4. The minimum atomic E-state index is -1.24. The molecule has 6 heteroatoms. The topological polar surface area (TPSA) is 66.8 Å². The molecule has 0 saturated carbocycles. The summed E-state index contributed by atoms with van der Waals surface area (Å²) < 4.78 is 5.64. The second-order valence-electron chi connectivity index (χ2n) is 5.89. The minimum absolute atomic E-state index is 0.321. The zero-order chi connectivity index (χ0) is 17.3. The van der Waals surface area contributed by atoms with Gasteiger partial charge in [-0.1, -0.05) is 42.5 Å². The van der Waals surface area contributed by atoms with Gasteiger partial charge in [0.15, 0.2) is 5.60 Å². The molecule has 1 heterocycles. The molecule has 1 amide bonds. The van der Waals surface area contributed by atoms with E-state index in [0.29, 0.717) is 11.6 Å². The van der Waals surface area contributed by atoms with Gasteiger partial charge >= 0.3 is 5.97 Å². The molecule has 5 nitrogen and oxygen atoms in total. The normalized spacial score (nSPS) is 20.1. The van der Waals surface area contributed by atoms with E-state index >= 15 is 0 Å². The van der Waals surface area contributed by atoms with E-state index in [9.17, 15) is 14.7 Å². The van der Waals surface area contributed by atoms with Crippen molar-refractivity contribution < 1.29 is 19.4 Å². The highest BCUT2D eigenvalue weighted by Crippen LogP contribution is 2.35. The molecule has 0 spiro atoms. The smallest absolute Gasteiger partial charge is 0.327 e. The van der Waals surface area contributed by atoms with Crippen LogP contribution in [-0.4, -0.2) is 46.7 Å². The molecule has 0 radical (unpaired) electrons. The van der Waals surface area contributed by atoms with Crippen LogP contribution in [0.2, 0.25) is 0 Å². The molecule has 1 fully saturated rings. The molecule has 2 atom stereocenters. The third kappa shape index (κ3) is 2.65. The van der Waals surface area contributed by atoms with Gasteiger partial charge in [0, 0.05) is 18.4 Å². The molecule has 0 bridgehead atoms. The molecule has 2 unspecified atom stereocenters. The van der Waals surface area contributed by atoms with Crippen molar-refractivity contribution in [3.05, 3.63) is 48.0 Å². The average molecular weight is 345 g/mol. The predicted molar refractivity (Wildman–Crippen MR) is 93.9 cm³/mol. The lowest BCUT2D eigenvalue weighted by Crippen LogP contribution is -2.51. The summed E-state index contributed by atoms with van der Waals surface area (Å²) in [5.41, 5.74) is -0.492. The van der Waals surface area contributed by atoms with Crippen LogP contribution in [-0.2, 0) is 19.9 Å². The molecule has 3 rings (SSSR count). The molecule has 126 valence electrons. The summed E-state index contributed by atoms with van der Waals surface area (Å²) >= 11 is 1.44. The van der Waals surface area contributed by atoms with E-state index in [1.807, 2.05) is 42.5 Å². The number of carboxylic acids is 1. The van der Waals surface area contributed by atoms with Crippen molar-refractivity contribution in [1.82, 2.24) is 4.90 Å².